The van der Waals surface area contributed by atoms with Crippen LogP contribution >= 0.6 is 11.3 Å². The largest absolute Gasteiger partial charge is 0.374 e. The quantitative estimate of drug-likeness (QED) is 0.662. The van der Waals surface area contributed by atoms with Gasteiger partial charge in [-0.1, -0.05) is 51.1 Å². The van der Waals surface area contributed by atoms with Gasteiger partial charge < -0.3 is 5.32 Å². The highest BCUT2D eigenvalue weighted by Crippen LogP contribution is 2.30. The van der Waals surface area contributed by atoms with E-state index in [-0.39, 0.29) is 6.04 Å². The maximum absolute atomic E-state index is 12.1. The predicted octanol–water partition coefficient (Wildman–Crippen LogP) is 4.70. The van der Waals surface area contributed by atoms with Crippen LogP contribution in [0.4, 0.5) is 5.69 Å². The van der Waals surface area contributed by atoms with Gasteiger partial charge in [-0.3, -0.25) is 9.59 Å². The second kappa shape index (κ2) is 6.73. The molecule has 0 aliphatic carbocycles. The van der Waals surface area contributed by atoms with Gasteiger partial charge in [0.25, 0.3) is 0 Å². The summed E-state index contributed by atoms with van der Waals surface area (Å²) in [7, 11) is 0. The molecule has 0 fully saturated rings. The summed E-state index contributed by atoms with van der Waals surface area (Å²) >= 11 is 1.66. The molecule has 0 aliphatic rings. The Balaban J connectivity index is 1.92. The first-order chi connectivity index (χ1) is 11.5. The first-order valence-electron chi connectivity index (χ1n) is 8.26. The van der Waals surface area contributed by atoms with Gasteiger partial charge in [-0.25, -0.2) is 0 Å². The number of rotatable bonds is 6. The zero-order valence-electron chi connectivity index (χ0n) is 14.1. The minimum absolute atomic E-state index is 0.0574. The highest BCUT2D eigenvalue weighted by molar-refractivity contribution is 7.10. The molecule has 0 amide bonds. The molecule has 0 unspecified atom stereocenters. The Bertz CT molecular complexity index is 885. The summed E-state index contributed by atoms with van der Waals surface area (Å²) in [4.78, 5) is 25.4. The average molecular weight is 339 g/mol. The van der Waals surface area contributed by atoms with Crippen molar-refractivity contribution in [2.24, 2.45) is 0 Å². The Kier molecular flexibility index (Phi) is 4.67. The van der Waals surface area contributed by atoms with Gasteiger partial charge in [-0.2, -0.15) is 0 Å². The van der Waals surface area contributed by atoms with Gasteiger partial charge in [0.15, 0.2) is 0 Å². The minimum atomic E-state index is -0.409. The summed E-state index contributed by atoms with van der Waals surface area (Å²) in [6.45, 7) is 6.33. The fraction of sp³-hybridized carbons (Fsp3) is 0.300. The molecule has 3 aromatic rings. The van der Waals surface area contributed by atoms with Gasteiger partial charge in [0.1, 0.15) is 0 Å². The average Bonchev–Trinajstić information content (AvgIpc) is 3.12. The summed E-state index contributed by atoms with van der Waals surface area (Å²) in [6.07, 6.45) is 0.852. The second-order valence-corrected chi connectivity index (χ2v) is 7.28. The first-order valence-corrected chi connectivity index (χ1v) is 9.14. The summed E-state index contributed by atoms with van der Waals surface area (Å²) < 4.78 is 0. The lowest BCUT2D eigenvalue weighted by Crippen LogP contribution is -2.37. The van der Waals surface area contributed by atoms with Crippen LogP contribution in [0.5, 0.6) is 0 Å². The summed E-state index contributed by atoms with van der Waals surface area (Å²) in [5.74, 6) is 0.438. The molecule has 1 N–H and O–H groups in total. The van der Waals surface area contributed by atoms with Gasteiger partial charge >= 0.3 is 0 Å². The fourth-order valence-electron chi connectivity index (χ4n) is 2.88. The molecule has 0 bridgehead atoms. The van der Waals surface area contributed by atoms with Gasteiger partial charge in [0, 0.05) is 4.88 Å². The Hall–Kier alpha value is -2.20. The van der Waals surface area contributed by atoms with Crippen LogP contribution in [0.25, 0.3) is 11.1 Å². The van der Waals surface area contributed by atoms with E-state index in [1.807, 2.05) is 35.7 Å². The van der Waals surface area contributed by atoms with Crippen molar-refractivity contribution in [3.63, 3.8) is 0 Å². The van der Waals surface area contributed by atoms with Gasteiger partial charge in [-0.05, 0) is 34.9 Å². The van der Waals surface area contributed by atoms with Crippen molar-refractivity contribution in [3.8, 4) is 11.1 Å². The van der Waals surface area contributed by atoms with E-state index in [0.29, 0.717) is 17.2 Å². The number of benzene rings is 1. The molecule has 3 rings (SSSR count). The van der Waals surface area contributed by atoms with Gasteiger partial charge in [-0.15, -0.1) is 11.3 Å². The monoisotopic (exact) mass is 339 g/mol. The van der Waals surface area contributed by atoms with Crippen molar-refractivity contribution in [1.29, 1.82) is 0 Å². The van der Waals surface area contributed by atoms with Crippen LogP contribution in [0.15, 0.2) is 51.4 Å². The number of hydrogen-bond acceptors (Lipinski definition) is 4. The van der Waals surface area contributed by atoms with Crippen molar-refractivity contribution in [3.05, 3.63) is 72.7 Å². The molecule has 4 heteroatoms. The van der Waals surface area contributed by atoms with Crippen LogP contribution in [0.3, 0.4) is 0 Å². The number of anilines is 1. The summed E-state index contributed by atoms with van der Waals surface area (Å²) in [5.41, 5.74) is 2.20. The maximum Gasteiger partial charge on any atom is 0.250 e. The third-order valence-corrected chi connectivity index (χ3v) is 5.38. The zero-order chi connectivity index (χ0) is 17.3. The van der Waals surface area contributed by atoms with Gasteiger partial charge in [0.2, 0.25) is 10.9 Å². The second-order valence-electron chi connectivity index (χ2n) is 6.31. The normalized spacial score (nSPS) is 12.7. The number of thiophene rings is 1. The van der Waals surface area contributed by atoms with E-state index in [1.54, 1.807) is 11.3 Å². The highest BCUT2D eigenvalue weighted by Gasteiger charge is 2.24. The van der Waals surface area contributed by atoms with E-state index in [4.69, 9.17) is 0 Å². The lowest BCUT2D eigenvalue weighted by atomic mass is 9.94. The van der Waals surface area contributed by atoms with Crippen LogP contribution in [-0.2, 0) is 0 Å². The molecule has 0 radical (unpaired) electrons. The van der Waals surface area contributed by atoms with Crippen molar-refractivity contribution >= 4 is 17.0 Å². The smallest absolute Gasteiger partial charge is 0.250 e. The van der Waals surface area contributed by atoms with Crippen LogP contribution in [0.2, 0.25) is 0 Å². The molecule has 24 heavy (non-hydrogen) atoms. The van der Waals surface area contributed by atoms with Crippen molar-refractivity contribution < 1.29 is 0 Å². The number of hydrogen-bond donors (Lipinski definition) is 1. The molecule has 0 spiro atoms. The molecule has 1 atom stereocenters. The van der Waals surface area contributed by atoms with E-state index in [0.717, 1.165) is 12.0 Å². The number of nitrogens with one attached hydrogen (secondary N) is 1. The first kappa shape index (κ1) is 16.7. The molecule has 0 saturated heterocycles. The third kappa shape index (κ3) is 2.94. The predicted molar refractivity (Wildman–Crippen MR) is 102 cm³/mol. The molecule has 124 valence electrons. The molecule has 2 aromatic carbocycles. The molecule has 0 saturated carbocycles. The van der Waals surface area contributed by atoms with Crippen LogP contribution < -0.4 is 16.2 Å². The Morgan fingerprint density at radius 1 is 1.04 bits per heavy atom. The Morgan fingerprint density at radius 3 is 2.29 bits per heavy atom. The Morgan fingerprint density at radius 2 is 1.75 bits per heavy atom. The Labute approximate surface area is 145 Å². The van der Waals surface area contributed by atoms with E-state index < -0.39 is 10.9 Å². The highest BCUT2D eigenvalue weighted by atomic mass is 32.1. The van der Waals surface area contributed by atoms with E-state index in [9.17, 15) is 9.59 Å². The molecular weight excluding hydrogens is 318 g/mol. The van der Waals surface area contributed by atoms with Crippen molar-refractivity contribution in [1.82, 2.24) is 0 Å². The summed E-state index contributed by atoms with van der Waals surface area (Å²) in [5, 5.41) is 5.31. The third-order valence-electron chi connectivity index (χ3n) is 4.39. The lowest BCUT2D eigenvalue weighted by Gasteiger charge is -2.20. The zero-order valence-corrected chi connectivity index (χ0v) is 14.9. The van der Waals surface area contributed by atoms with Crippen molar-refractivity contribution in [2.75, 3.05) is 5.32 Å². The molecular formula is C20H21NO2S. The van der Waals surface area contributed by atoms with Crippen LogP contribution in [0, 0.1) is 0 Å². The molecule has 3 nitrogen and oxygen atoms in total. The molecule has 1 aromatic heterocycles. The topological polar surface area (TPSA) is 46.2 Å². The van der Waals surface area contributed by atoms with E-state index >= 15 is 0 Å². The fourth-order valence-corrected chi connectivity index (χ4v) is 3.74. The summed E-state index contributed by atoms with van der Waals surface area (Å²) in [6, 6.07) is 12.0. The lowest BCUT2D eigenvalue weighted by molar-refractivity contribution is 0.761. The molecule has 0 aliphatic heterocycles. The van der Waals surface area contributed by atoms with Gasteiger partial charge in [0.05, 0.1) is 17.3 Å². The molecule has 1 heterocycles. The minimum Gasteiger partial charge on any atom is -0.374 e. The SMILES string of the molecule is CC[C@@H](Nc1c(-c2ccc(C(C)C)cc2)c(=O)c1=O)c1cccs1. The van der Waals surface area contributed by atoms with Crippen molar-refractivity contribution in [2.45, 2.75) is 39.2 Å². The van der Waals surface area contributed by atoms with E-state index in [2.05, 4.69) is 32.2 Å². The van der Waals surface area contributed by atoms with E-state index in [1.165, 1.54) is 10.4 Å². The maximum atomic E-state index is 12.1. The van der Waals surface area contributed by atoms with Crippen LogP contribution in [-0.4, -0.2) is 0 Å². The van der Waals surface area contributed by atoms with Crippen LogP contribution in [0.1, 0.15) is 49.6 Å². The standard InChI is InChI=1S/C20H21NO2S/c1-4-15(16-6-5-11-24-16)21-18-17(19(22)20(18)23)14-9-7-13(8-10-14)12(2)3/h5-12,15,21H,4H2,1-3H3/t15-/m1/s1.